The van der Waals surface area contributed by atoms with Crippen LogP contribution < -0.4 is 5.73 Å². The minimum atomic E-state index is 0. The van der Waals surface area contributed by atoms with Gasteiger partial charge in [0.2, 0.25) is 5.91 Å². The zero-order valence-electron chi connectivity index (χ0n) is 11.7. The van der Waals surface area contributed by atoms with Gasteiger partial charge in [-0.1, -0.05) is 26.7 Å². The lowest BCUT2D eigenvalue weighted by Crippen LogP contribution is -2.32. The van der Waals surface area contributed by atoms with Crippen molar-refractivity contribution in [2.45, 2.75) is 46.0 Å². The van der Waals surface area contributed by atoms with Crippen molar-refractivity contribution in [1.82, 2.24) is 4.90 Å². The first kappa shape index (κ1) is 15.8. The molecule has 2 atom stereocenters. The van der Waals surface area contributed by atoms with E-state index in [1.165, 1.54) is 6.42 Å². The summed E-state index contributed by atoms with van der Waals surface area (Å²) in [6, 6.07) is 0. The quantitative estimate of drug-likeness (QED) is 0.756. The van der Waals surface area contributed by atoms with Crippen LogP contribution in [0.2, 0.25) is 0 Å². The molecule has 1 amide bonds. The number of carbonyl (C=O) groups excluding carboxylic acids is 1. The topological polar surface area (TPSA) is 46.3 Å². The minimum Gasteiger partial charge on any atom is -0.342 e. The van der Waals surface area contributed by atoms with Gasteiger partial charge in [0.05, 0.1) is 0 Å². The van der Waals surface area contributed by atoms with Crippen LogP contribution in [0.15, 0.2) is 0 Å². The van der Waals surface area contributed by atoms with Gasteiger partial charge in [0, 0.05) is 19.5 Å². The first-order valence-electron chi connectivity index (χ1n) is 7.05. The third-order valence-corrected chi connectivity index (χ3v) is 4.82. The number of piperidine rings is 1. The Balaban J connectivity index is 0.00000162. The highest BCUT2D eigenvalue weighted by Crippen LogP contribution is 2.61. The van der Waals surface area contributed by atoms with Crippen molar-refractivity contribution in [1.29, 1.82) is 0 Å². The molecule has 1 saturated heterocycles. The minimum absolute atomic E-state index is 0. The number of likely N-dealkylation sites (tertiary alicyclic amines) is 1. The molecule has 0 aromatic heterocycles. The Morgan fingerprint density at radius 2 is 1.72 bits per heavy atom. The summed E-state index contributed by atoms with van der Waals surface area (Å²) in [6.07, 6.45) is 5.19. The number of amides is 1. The molecule has 1 aliphatic heterocycles. The maximum Gasteiger partial charge on any atom is 0.222 e. The van der Waals surface area contributed by atoms with E-state index in [4.69, 9.17) is 5.73 Å². The Hall–Kier alpha value is -0.280. The molecule has 2 N–H and O–H groups in total. The van der Waals surface area contributed by atoms with Crippen molar-refractivity contribution < 1.29 is 4.79 Å². The van der Waals surface area contributed by atoms with Crippen LogP contribution in [-0.2, 0) is 4.79 Å². The second-order valence-electron chi connectivity index (χ2n) is 6.29. The Morgan fingerprint density at radius 1 is 1.17 bits per heavy atom. The van der Waals surface area contributed by atoms with E-state index >= 15 is 0 Å². The lowest BCUT2D eigenvalue weighted by atomic mass is 10.1. The van der Waals surface area contributed by atoms with Gasteiger partial charge < -0.3 is 10.6 Å². The zero-order valence-corrected chi connectivity index (χ0v) is 12.5. The molecule has 106 valence electrons. The van der Waals surface area contributed by atoms with Gasteiger partial charge >= 0.3 is 0 Å². The number of hydrogen-bond acceptors (Lipinski definition) is 2. The molecule has 1 aliphatic carbocycles. The van der Waals surface area contributed by atoms with Crippen LogP contribution in [-0.4, -0.2) is 30.4 Å². The summed E-state index contributed by atoms with van der Waals surface area (Å²) in [5.74, 6) is 1.94. The van der Waals surface area contributed by atoms with Gasteiger partial charge in [-0.3, -0.25) is 4.79 Å². The molecule has 0 aromatic rings. The fraction of sp³-hybridized carbons (Fsp3) is 0.929. The van der Waals surface area contributed by atoms with Gasteiger partial charge in [-0.05, 0) is 36.6 Å². The maximum absolute atomic E-state index is 12.0. The van der Waals surface area contributed by atoms with Gasteiger partial charge in [-0.25, -0.2) is 0 Å². The Bertz CT molecular complexity index is 280. The van der Waals surface area contributed by atoms with E-state index in [1.54, 1.807) is 0 Å². The summed E-state index contributed by atoms with van der Waals surface area (Å²) < 4.78 is 0. The van der Waals surface area contributed by atoms with Gasteiger partial charge in [0.25, 0.3) is 0 Å². The van der Waals surface area contributed by atoms with E-state index in [9.17, 15) is 4.79 Å². The molecule has 2 rings (SSSR count). The van der Waals surface area contributed by atoms with Gasteiger partial charge in [-0.15, -0.1) is 12.4 Å². The lowest BCUT2D eigenvalue weighted by molar-refractivity contribution is -0.131. The largest absolute Gasteiger partial charge is 0.342 e. The van der Waals surface area contributed by atoms with Crippen molar-refractivity contribution in [2.24, 2.45) is 23.0 Å². The molecule has 0 bridgehead atoms. The summed E-state index contributed by atoms with van der Waals surface area (Å²) in [4.78, 5) is 14.0. The number of rotatable bonds is 6. The van der Waals surface area contributed by atoms with Crippen molar-refractivity contribution in [2.75, 3.05) is 19.6 Å². The van der Waals surface area contributed by atoms with Crippen LogP contribution in [0.4, 0.5) is 0 Å². The molecule has 2 aliphatic rings. The van der Waals surface area contributed by atoms with Crippen LogP contribution >= 0.6 is 12.4 Å². The predicted molar refractivity (Wildman–Crippen MR) is 76.7 cm³/mol. The standard InChI is InChI=1S/C14H26N2O.ClH/c1-14(2)11-9-16(10-12(11)14)13(17)7-5-3-4-6-8-15;/h11-12H,3-10,15H2,1-2H3;1H. The summed E-state index contributed by atoms with van der Waals surface area (Å²) in [7, 11) is 0. The number of unbranched alkanes of at least 4 members (excludes halogenated alkanes) is 3. The van der Waals surface area contributed by atoms with Crippen molar-refractivity contribution >= 4 is 18.3 Å². The summed E-state index contributed by atoms with van der Waals surface area (Å²) in [5.41, 5.74) is 5.95. The smallest absolute Gasteiger partial charge is 0.222 e. The molecule has 18 heavy (non-hydrogen) atoms. The molecular formula is C14H27ClN2O. The number of hydrogen-bond donors (Lipinski definition) is 1. The average molecular weight is 275 g/mol. The zero-order chi connectivity index (χ0) is 12.5. The highest BCUT2D eigenvalue weighted by atomic mass is 35.5. The Labute approximate surface area is 117 Å². The predicted octanol–water partition coefficient (Wildman–Crippen LogP) is 2.43. The molecular weight excluding hydrogens is 248 g/mol. The van der Waals surface area contributed by atoms with Crippen LogP contribution in [0.25, 0.3) is 0 Å². The van der Waals surface area contributed by atoms with E-state index < -0.39 is 0 Å². The highest BCUT2D eigenvalue weighted by Gasteiger charge is 2.62. The van der Waals surface area contributed by atoms with Crippen molar-refractivity contribution in [3.8, 4) is 0 Å². The molecule has 4 heteroatoms. The summed E-state index contributed by atoms with van der Waals surface area (Å²) >= 11 is 0. The van der Waals surface area contributed by atoms with Crippen molar-refractivity contribution in [3.05, 3.63) is 0 Å². The Morgan fingerprint density at radius 3 is 2.28 bits per heavy atom. The van der Waals surface area contributed by atoms with E-state index in [-0.39, 0.29) is 12.4 Å². The van der Waals surface area contributed by atoms with Gasteiger partial charge in [0.1, 0.15) is 0 Å². The van der Waals surface area contributed by atoms with Crippen molar-refractivity contribution in [3.63, 3.8) is 0 Å². The number of fused-ring (bicyclic) bond motifs is 1. The number of carbonyl (C=O) groups is 1. The van der Waals surface area contributed by atoms with Crippen LogP contribution in [0.5, 0.6) is 0 Å². The maximum atomic E-state index is 12.0. The molecule has 1 heterocycles. The second-order valence-corrected chi connectivity index (χ2v) is 6.29. The molecule has 2 unspecified atom stereocenters. The molecule has 0 aromatic carbocycles. The average Bonchev–Trinajstić information content (AvgIpc) is 2.71. The van der Waals surface area contributed by atoms with Crippen LogP contribution in [0, 0.1) is 17.3 Å². The molecule has 0 spiro atoms. The molecule has 1 saturated carbocycles. The number of nitrogens with two attached hydrogens (primary N) is 1. The van der Waals surface area contributed by atoms with E-state index in [0.717, 1.165) is 57.2 Å². The summed E-state index contributed by atoms with van der Waals surface area (Å²) in [5, 5.41) is 0. The van der Waals surface area contributed by atoms with E-state index in [2.05, 4.69) is 18.7 Å². The third-order valence-electron chi connectivity index (χ3n) is 4.82. The number of nitrogens with zero attached hydrogens (tertiary/aromatic N) is 1. The van der Waals surface area contributed by atoms with E-state index in [1.807, 2.05) is 0 Å². The van der Waals surface area contributed by atoms with E-state index in [0.29, 0.717) is 11.3 Å². The van der Waals surface area contributed by atoms with Gasteiger partial charge in [0.15, 0.2) is 0 Å². The number of halogens is 1. The molecule has 3 nitrogen and oxygen atoms in total. The third kappa shape index (κ3) is 3.18. The van der Waals surface area contributed by atoms with Crippen LogP contribution in [0.3, 0.4) is 0 Å². The monoisotopic (exact) mass is 274 g/mol. The summed E-state index contributed by atoms with van der Waals surface area (Å²) in [6.45, 7) is 7.46. The highest BCUT2D eigenvalue weighted by molar-refractivity contribution is 5.85. The molecule has 2 fully saturated rings. The SMILES string of the molecule is CC1(C)C2CN(C(=O)CCCCCCN)CC21.Cl. The Kier molecular flexibility index (Phi) is 5.47. The van der Waals surface area contributed by atoms with Gasteiger partial charge in [-0.2, -0.15) is 0 Å². The molecule has 0 radical (unpaired) electrons. The van der Waals surface area contributed by atoms with Crippen LogP contribution in [0.1, 0.15) is 46.0 Å². The lowest BCUT2D eigenvalue weighted by Gasteiger charge is -2.22. The fourth-order valence-corrected chi connectivity index (χ4v) is 3.27. The first-order chi connectivity index (χ1) is 8.07. The normalized spacial score (nSPS) is 27.6. The second kappa shape index (κ2) is 6.25. The fourth-order valence-electron chi connectivity index (χ4n) is 3.27. The first-order valence-corrected chi connectivity index (χ1v) is 7.05.